The van der Waals surface area contributed by atoms with Gasteiger partial charge in [0.15, 0.2) is 0 Å². The number of hydrogen-bond acceptors (Lipinski definition) is 3. The molecule has 29 heavy (non-hydrogen) atoms. The normalized spacial score (nSPS) is 16.5. The molecule has 1 amide bonds. The molecule has 0 aliphatic carbocycles. The maximum Gasteiger partial charge on any atom is 0.284 e. The predicted molar refractivity (Wildman–Crippen MR) is 116 cm³/mol. The van der Waals surface area contributed by atoms with Gasteiger partial charge < -0.3 is 10.2 Å². The van der Waals surface area contributed by atoms with Crippen molar-refractivity contribution in [3.63, 3.8) is 0 Å². The van der Waals surface area contributed by atoms with Crippen molar-refractivity contribution in [1.82, 2.24) is 4.90 Å². The van der Waals surface area contributed by atoms with Gasteiger partial charge >= 0.3 is 0 Å². The van der Waals surface area contributed by atoms with Gasteiger partial charge in [-0.25, -0.2) is 0 Å². The lowest BCUT2D eigenvalue weighted by molar-refractivity contribution is 0.102. The Kier molecular flexibility index (Phi) is 6.37. The molecule has 154 valence electrons. The highest BCUT2D eigenvalue weighted by atomic mass is 32.2. The van der Waals surface area contributed by atoms with Crippen molar-refractivity contribution in [2.75, 3.05) is 18.9 Å². The van der Waals surface area contributed by atoms with Gasteiger partial charge in [0.05, 0.1) is 4.90 Å². The van der Waals surface area contributed by atoms with Crippen molar-refractivity contribution in [1.29, 1.82) is 0 Å². The first-order valence-electron chi connectivity index (χ1n) is 9.80. The molecule has 1 aliphatic rings. The van der Waals surface area contributed by atoms with Gasteiger partial charge in [-0.3, -0.25) is 4.79 Å². The van der Waals surface area contributed by atoms with E-state index in [9.17, 15) is 13.2 Å². The molecule has 1 fully saturated rings. The molecule has 3 rings (SSSR count). The van der Waals surface area contributed by atoms with Crippen molar-refractivity contribution >= 4 is 27.5 Å². The number of aryl methyl sites for hydroxylation is 2. The van der Waals surface area contributed by atoms with Crippen LogP contribution < -0.4 is 5.32 Å². The number of nitrogens with zero attached hydrogens (tertiary/aromatic N) is 2. The van der Waals surface area contributed by atoms with Crippen LogP contribution in [0.4, 0.5) is 5.69 Å². The largest absolute Gasteiger partial charge is 0.362 e. The van der Waals surface area contributed by atoms with Crippen LogP contribution in [0, 0.1) is 13.8 Å². The minimum atomic E-state index is -3.85. The lowest BCUT2D eigenvalue weighted by Gasteiger charge is -2.17. The Morgan fingerprint density at radius 2 is 1.83 bits per heavy atom. The molecule has 0 bridgehead atoms. The van der Waals surface area contributed by atoms with Crippen LogP contribution >= 0.6 is 0 Å². The Labute approximate surface area is 172 Å². The fourth-order valence-electron chi connectivity index (χ4n) is 3.26. The Hall–Kier alpha value is -2.67. The van der Waals surface area contributed by atoms with Gasteiger partial charge in [0.1, 0.15) is 5.84 Å². The van der Waals surface area contributed by atoms with Crippen LogP contribution in [0.2, 0.25) is 0 Å². The topological polar surface area (TPSA) is 78.8 Å². The Balaban J connectivity index is 1.82. The van der Waals surface area contributed by atoms with Gasteiger partial charge in [0.2, 0.25) is 0 Å². The summed E-state index contributed by atoms with van der Waals surface area (Å²) in [4.78, 5) is 14.5. The molecule has 1 N–H and O–H groups in total. The van der Waals surface area contributed by atoms with E-state index in [-0.39, 0.29) is 10.8 Å². The van der Waals surface area contributed by atoms with Crippen LogP contribution in [0.3, 0.4) is 0 Å². The summed E-state index contributed by atoms with van der Waals surface area (Å²) < 4.78 is 29.7. The third-order valence-corrected chi connectivity index (χ3v) is 6.52. The number of hydrogen-bond donors (Lipinski definition) is 1. The van der Waals surface area contributed by atoms with E-state index in [1.807, 2.05) is 37.9 Å². The SMILES string of the molecule is Cc1ccc(C(=O)Nc2cccc(S(=O)(=O)N=C3CCCCCN3C)c2)cc1C. The van der Waals surface area contributed by atoms with E-state index >= 15 is 0 Å². The number of benzene rings is 2. The number of carbonyl (C=O) groups is 1. The van der Waals surface area contributed by atoms with Crippen molar-refractivity contribution < 1.29 is 13.2 Å². The second kappa shape index (κ2) is 8.78. The number of anilines is 1. The van der Waals surface area contributed by atoms with Gasteiger partial charge in [0.25, 0.3) is 15.9 Å². The summed E-state index contributed by atoms with van der Waals surface area (Å²) >= 11 is 0. The first kappa shape index (κ1) is 21.0. The van der Waals surface area contributed by atoms with Gasteiger partial charge in [-0.05, 0) is 68.1 Å². The maximum absolute atomic E-state index is 12.8. The van der Waals surface area contributed by atoms with Crippen molar-refractivity contribution in [3.05, 3.63) is 59.2 Å². The molecule has 0 atom stereocenters. The lowest BCUT2D eigenvalue weighted by Crippen LogP contribution is -2.26. The standard InChI is InChI=1S/C22H27N3O3S/c1-16-11-12-18(14-17(16)2)22(26)23-19-8-7-9-20(15-19)29(27,28)24-21-10-5-4-6-13-25(21)3/h7-9,11-12,14-15H,4-6,10,13H2,1-3H3,(H,23,26). The summed E-state index contributed by atoms with van der Waals surface area (Å²) in [5.41, 5.74) is 3.08. The average Bonchev–Trinajstić information content (AvgIpc) is 2.88. The molecule has 2 aromatic rings. The molecular formula is C22H27N3O3S. The Bertz CT molecular complexity index is 1050. The fourth-order valence-corrected chi connectivity index (χ4v) is 4.40. The van der Waals surface area contributed by atoms with Crippen molar-refractivity contribution in [2.24, 2.45) is 4.40 Å². The number of amides is 1. The molecule has 1 heterocycles. The molecule has 1 aliphatic heterocycles. The van der Waals surface area contributed by atoms with Crippen LogP contribution in [0.15, 0.2) is 51.8 Å². The number of rotatable bonds is 4. The second-order valence-corrected chi connectivity index (χ2v) is 9.10. The zero-order valence-corrected chi connectivity index (χ0v) is 17.9. The minimum Gasteiger partial charge on any atom is -0.362 e. The Morgan fingerprint density at radius 1 is 1.03 bits per heavy atom. The lowest BCUT2D eigenvalue weighted by atomic mass is 10.1. The van der Waals surface area contributed by atoms with Crippen LogP contribution in [-0.4, -0.2) is 38.7 Å². The zero-order valence-electron chi connectivity index (χ0n) is 17.1. The van der Waals surface area contributed by atoms with E-state index in [0.717, 1.165) is 36.9 Å². The molecule has 0 unspecified atom stereocenters. The molecule has 0 radical (unpaired) electrons. The summed E-state index contributed by atoms with van der Waals surface area (Å²) in [6.45, 7) is 4.74. The molecule has 7 heteroatoms. The summed E-state index contributed by atoms with van der Waals surface area (Å²) in [7, 11) is -1.97. The molecule has 2 aromatic carbocycles. The van der Waals surface area contributed by atoms with Gasteiger partial charge in [-0.15, -0.1) is 4.40 Å². The number of sulfonamides is 1. The highest BCUT2D eigenvalue weighted by molar-refractivity contribution is 7.90. The molecular weight excluding hydrogens is 386 g/mol. The van der Waals surface area contributed by atoms with Crippen LogP contribution in [0.5, 0.6) is 0 Å². The fraction of sp³-hybridized carbons (Fsp3) is 0.364. The monoisotopic (exact) mass is 413 g/mol. The van der Waals surface area contributed by atoms with Crippen LogP contribution in [-0.2, 0) is 10.0 Å². The zero-order chi connectivity index (χ0) is 21.0. The third-order valence-electron chi connectivity index (χ3n) is 5.22. The van der Waals surface area contributed by atoms with Gasteiger partial charge in [-0.1, -0.05) is 18.6 Å². The smallest absolute Gasteiger partial charge is 0.284 e. The minimum absolute atomic E-state index is 0.0699. The predicted octanol–water partition coefficient (Wildman–Crippen LogP) is 4.15. The van der Waals surface area contributed by atoms with E-state index in [1.54, 1.807) is 18.2 Å². The summed E-state index contributed by atoms with van der Waals surface area (Å²) in [6.07, 6.45) is 3.70. The molecule has 6 nitrogen and oxygen atoms in total. The molecule has 0 saturated carbocycles. The first-order valence-corrected chi connectivity index (χ1v) is 11.2. The highest BCUT2D eigenvalue weighted by Gasteiger charge is 2.19. The van der Waals surface area contributed by atoms with Gasteiger partial charge in [-0.2, -0.15) is 8.42 Å². The van der Waals surface area contributed by atoms with E-state index in [2.05, 4.69) is 9.71 Å². The van der Waals surface area contributed by atoms with Crippen molar-refractivity contribution in [2.45, 2.75) is 44.4 Å². The van der Waals surface area contributed by atoms with Gasteiger partial charge in [0, 0.05) is 31.3 Å². The summed E-state index contributed by atoms with van der Waals surface area (Å²) in [6, 6.07) is 11.7. The van der Waals surface area contributed by atoms with Crippen LogP contribution in [0.1, 0.15) is 47.2 Å². The number of nitrogens with one attached hydrogen (secondary N) is 1. The molecule has 1 saturated heterocycles. The summed E-state index contributed by atoms with van der Waals surface area (Å²) in [5.74, 6) is 0.310. The Morgan fingerprint density at radius 3 is 2.59 bits per heavy atom. The van der Waals surface area contributed by atoms with E-state index in [1.165, 1.54) is 12.1 Å². The maximum atomic E-state index is 12.8. The van der Waals surface area contributed by atoms with Crippen LogP contribution in [0.25, 0.3) is 0 Å². The average molecular weight is 414 g/mol. The second-order valence-electron chi connectivity index (χ2n) is 7.50. The summed E-state index contributed by atoms with van der Waals surface area (Å²) in [5, 5.41) is 2.78. The van der Waals surface area contributed by atoms with E-state index < -0.39 is 10.0 Å². The number of likely N-dealkylation sites (tertiary alicyclic amines) is 1. The third kappa shape index (κ3) is 5.23. The first-order chi connectivity index (χ1) is 13.8. The highest BCUT2D eigenvalue weighted by Crippen LogP contribution is 2.21. The number of carbonyl (C=O) groups excluding carboxylic acids is 1. The molecule has 0 aromatic heterocycles. The molecule has 0 spiro atoms. The van der Waals surface area contributed by atoms with E-state index in [4.69, 9.17) is 0 Å². The van der Waals surface area contributed by atoms with E-state index in [0.29, 0.717) is 23.5 Å². The van der Waals surface area contributed by atoms with Crippen molar-refractivity contribution in [3.8, 4) is 0 Å². The number of amidine groups is 1. The quantitative estimate of drug-likeness (QED) is 0.817.